The molecule has 4 N–H and O–H groups in total. The maximum absolute atomic E-state index is 12.9. The standard InChI is InChI=1S/C23H29N3O5/c1-31-14-4-5-15-16(10-14)21-8-9-26(11-13-2-3-13)18(17(15)27)23(21,30)7-6-22(12-21)19(28)24-20(29)25-22/h4-5,10,13,17-18,27,30H,2-3,6-9,11-12H2,1H3,(H2,24,25,28,29). The molecular formula is C23H29N3O5. The second-order valence-electron chi connectivity index (χ2n) is 10.2. The van der Waals surface area contributed by atoms with E-state index in [0.29, 0.717) is 37.4 Å². The number of urea groups is 1. The first kappa shape index (κ1) is 19.5. The Kier molecular flexibility index (Phi) is 3.91. The summed E-state index contributed by atoms with van der Waals surface area (Å²) < 4.78 is 5.48. The molecule has 5 aliphatic rings. The Morgan fingerprint density at radius 2 is 2.03 bits per heavy atom. The van der Waals surface area contributed by atoms with Gasteiger partial charge in [0.25, 0.3) is 5.91 Å². The van der Waals surface area contributed by atoms with Gasteiger partial charge in [0.1, 0.15) is 11.3 Å². The fourth-order valence-electron chi connectivity index (χ4n) is 7.01. The highest BCUT2D eigenvalue weighted by molar-refractivity contribution is 6.07. The van der Waals surface area contributed by atoms with Crippen LogP contribution in [0, 0.1) is 5.92 Å². The maximum Gasteiger partial charge on any atom is 0.322 e. The lowest BCUT2D eigenvalue weighted by atomic mass is 9.46. The lowest BCUT2D eigenvalue weighted by molar-refractivity contribution is -0.207. The minimum absolute atomic E-state index is 0.314. The van der Waals surface area contributed by atoms with Gasteiger partial charge < -0.3 is 20.3 Å². The molecule has 0 aromatic heterocycles. The van der Waals surface area contributed by atoms with Gasteiger partial charge in [-0.15, -0.1) is 0 Å². The van der Waals surface area contributed by atoms with Crippen LogP contribution in [0.4, 0.5) is 4.79 Å². The van der Waals surface area contributed by atoms with Crippen LogP contribution in [0.3, 0.4) is 0 Å². The number of carbonyl (C=O) groups excluding carboxylic acids is 2. The molecule has 1 aromatic carbocycles. The zero-order chi connectivity index (χ0) is 21.6. The summed E-state index contributed by atoms with van der Waals surface area (Å²) in [6.07, 6.45) is 3.24. The average molecular weight is 428 g/mol. The Morgan fingerprint density at radius 1 is 1.23 bits per heavy atom. The fraction of sp³-hybridized carbons (Fsp3) is 0.652. The molecule has 5 unspecified atom stereocenters. The minimum Gasteiger partial charge on any atom is -0.497 e. The Labute approximate surface area is 180 Å². The largest absolute Gasteiger partial charge is 0.497 e. The van der Waals surface area contributed by atoms with Crippen LogP contribution in [0.2, 0.25) is 0 Å². The molecule has 2 heterocycles. The van der Waals surface area contributed by atoms with Crippen molar-refractivity contribution in [3.05, 3.63) is 29.3 Å². The quantitative estimate of drug-likeness (QED) is 0.535. The van der Waals surface area contributed by atoms with Crippen molar-refractivity contribution in [1.29, 1.82) is 0 Å². The first-order valence-corrected chi connectivity index (χ1v) is 11.3. The van der Waals surface area contributed by atoms with Crippen LogP contribution >= 0.6 is 0 Å². The van der Waals surface area contributed by atoms with Crippen molar-refractivity contribution >= 4 is 11.9 Å². The van der Waals surface area contributed by atoms with Crippen molar-refractivity contribution in [3.63, 3.8) is 0 Å². The lowest BCUT2D eigenvalue weighted by Crippen LogP contribution is -2.77. The van der Waals surface area contributed by atoms with E-state index in [1.807, 2.05) is 18.2 Å². The van der Waals surface area contributed by atoms with Gasteiger partial charge in [-0.3, -0.25) is 15.0 Å². The van der Waals surface area contributed by atoms with Gasteiger partial charge in [0.15, 0.2) is 0 Å². The van der Waals surface area contributed by atoms with Crippen molar-refractivity contribution in [2.45, 2.75) is 67.2 Å². The molecule has 4 fully saturated rings. The van der Waals surface area contributed by atoms with E-state index in [1.165, 1.54) is 12.8 Å². The number of methoxy groups -OCH3 is 1. The molecule has 3 aliphatic carbocycles. The predicted molar refractivity (Wildman–Crippen MR) is 111 cm³/mol. The second kappa shape index (κ2) is 6.21. The number of nitrogens with zero attached hydrogens (tertiary/aromatic N) is 1. The van der Waals surface area contributed by atoms with E-state index >= 15 is 0 Å². The highest BCUT2D eigenvalue weighted by Crippen LogP contribution is 2.63. The number of imide groups is 1. The van der Waals surface area contributed by atoms with Gasteiger partial charge in [-0.2, -0.15) is 0 Å². The summed E-state index contributed by atoms with van der Waals surface area (Å²) in [5, 5.41) is 29.1. The van der Waals surface area contributed by atoms with Crippen molar-refractivity contribution in [3.8, 4) is 5.75 Å². The number of likely N-dealkylation sites (tertiary alicyclic amines) is 1. The van der Waals surface area contributed by atoms with Crippen LogP contribution in [-0.4, -0.2) is 64.4 Å². The Bertz CT molecular complexity index is 980. The number of nitrogens with one attached hydrogen (secondary N) is 2. The molecule has 2 saturated carbocycles. The van der Waals surface area contributed by atoms with Gasteiger partial charge in [-0.1, -0.05) is 6.07 Å². The molecule has 6 rings (SSSR count). The molecular weight excluding hydrogens is 398 g/mol. The molecule has 5 atom stereocenters. The van der Waals surface area contributed by atoms with Gasteiger partial charge >= 0.3 is 6.03 Å². The molecule has 8 heteroatoms. The Hall–Kier alpha value is -2.16. The van der Waals surface area contributed by atoms with Crippen LogP contribution < -0.4 is 15.4 Å². The normalized spacial score (nSPS) is 41.4. The van der Waals surface area contributed by atoms with E-state index in [9.17, 15) is 19.8 Å². The lowest BCUT2D eigenvalue weighted by Gasteiger charge is -2.66. The molecule has 3 amide bonds. The summed E-state index contributed by atoms with van der Waals surface area (Å²) in [6.45, 7) is 1.62. The number of fused-ring (bicyclic) bond motifs is 1. The van der Waals surface area contributed by atoms with Crippen LogP contribution in [0.25, 0.3) is 0 Å². The zero-order valence-corrected chi connectivity index (χ0v) is 17.7. The van der Waals surface area contributed by atoms with E-state index in [4.69, 9.17) is 4.74 Å². The molecule has 1 spiro atoms. The molecule has 8 nitrogen and oxygen atoms in total. The van der Waals surface area contributed by atoms with Crippen molar-refractivity contribution in [1.82, 2.24) is 15.5 Å². The highest BCUT2D eigenvalue weighted by atomic mass is 16.5. The summed E-state index contributed by atoms with van der Waals surface area (Å²) in [7, 11) is 1.60. The smallest absolute Gasteiger partial charge is 0.322 e. The van der Waals surface area contributed by atoms with Gasteiger partial charge in [0, 0.05) is 12.0 Å². The van der Waals surface area contributed by atoms with Crippen LogP contribution in [0.1, 0.15) is 55.8 Å². The van der Waals surface area contributed by atoms with Crippen molar-refractivity contribution in [2.24, 2.45) is 5.92 Å². The number of aliphatic hydroxyl groups excluding tert-OH is 1. The third-order valence-electron chi connectivity index (χ3n) is 8.67. The van der Waals surface area contributed by atoms with Crippen molar-refractivity contribution in [2.75, 3.05) is 20.2 Å². The number of carbonyl (C=O) groups is 2. The van der Waals surface area contributed by atoms with E-state index in [-0.39, 0.29) is 5.91 Å². The maximum atomic E-state index is 12.9. The minimum atomic E-state index is -1.20. The van der Waals surface area contributed by atoms with E-state index in [0.717, 1.165) is 24.2 Å². The van der Waals surface area contributed by atoms with Crippen molar-refractivity contribution < 1.29 is 24.5 Å². The highest BCUT2D eigenvalue weighted by Gasteiger charge is 2.71. The number of amides is 3. The number of rotatable bonds is 3. The number of benzene rings is 1. The number of hydrogen-bond acceptors (Lipinski definition) is 6. The Morgan fingerprint density at radius 3 is 2.71 bits per heavy atom. The first-order valence-electron chi connectivity index (χ1n) is 11.3. The molecule has 1 aromatic rings. The summed E-state index contributed by atoms with van der Waals surface area (Å²) in [5.74, 6) is 0.970. The second-order valence-corrected chi connectivity index (χ2v) is 10.2. The third-order valence-corrected chi connectivity index (χ3v) is 8.67. The zero-order valence-electron chi connectivity index (χ0n) is 17.7. The molecule has 2 saturated heterocycles. The topological polar surface area (TPSA) is 111 Å². The van der Waals surface area contributed by atoms with Crippen LogP contribution in [-0.2, 0) is 10.2 Å². The number of ether oxygens (including phenoxy) is 1. The fourth-order valence-corrected chi connectivity index (χ4v) is 7.01. The van der Waals surface area contributed by atoms with Crippen LogP contribution in [0.5, 0.6) is 5.75 Å². The van der Waals surface area contributed by atoms with E-state index in [2.05, 4.69) is 15.5 Å². The SMILES string of the molecule is COc1ccc2c(c1)C13CCN(CC4CC4)C(C2O)C1(O)CCC1(C3)NC(=O)NC1=O. The number of hydrogen-bond donors (Lipinski definition) is 4. The van der Waals surface area contributed by atoms with Crippen LogP contribution in [0.15, 0.2) is 18.2 Å². The number of piperidine rings is 1. The monoisotopic (exact) mass is 427 g/mol. The summed E-state index contributed by atoms with van der Waals surface area (Å²) >= 11 is 0. The molecule has 2 aliphatic heterocycles. The Balaban J connectivity index is 1.53. The summed E-state index contributed by atoms with van der Waals surface area (Å²) in [6, 6.07) is 4.73. The first-order chi connectivity index (χ1) is 14.8. The van der Waals surface area contributed by atoms with E-state index in [1.54, 1.807) is 7.11 Å². The average Bonchev–Trinajstić information content (AvgIpc) is 3.51. The molecule has 31 heavy (non-hydrogen) atoms. The summed E-state index contributed by atoms with van der Waals surface area (Å²) in [5.41, 5.74) is -1.35. The molecule has 166 valence electrons. The molecule has 0 radical (unpaired) electrons. The van der Waals surface area contributed by atoms with Gasteiger partial charge in [-0.25, -0.2) is 4.79 Å². The predicted octanol–water partition coefficient (Wildman–Crippen LogP) is 0.958. The van der Waals surface area contributed by atoms with Gasteiger partial charge in [-0.05, 0) is 74.2 Å². The van der Waals surface area contributed by atoms with E-state index < -0.39 is 34.7 Å². The third kappa shape index (κ3) is 2.46. The van der Waals surface area contributed by atoms with Gasteiger partial charge in [0.05, 0.1) is 24.9 Å². The van der Waals surface area contributed by atoms with Gasteiger partial charge in [0.2, 0.25) is 0 Å². The summed E-state index contributed by atoms with van der Waals surface area (Å²) in [4.78, 5) is 27.2. The molecule has 2 bridgehead atoms. The number of aliphatic hydroxyl groups is 2.